The summed E-state index contributed by atoms with van der Waals surface area (Å²) in [4.78, 5) is 97.3. The molecule has 2 unspecified atom stereocenters. The van der Waals surface area contributed by atoms with E-state index in [4.69, 9.17) is 24.4 Å². The first-order chi connectivity index (χ1) is 36.2. The van der Waals surface area contributed by atoms with Crippen molar-refractivity contribution < 1.29 is 28.8 Å². The first-order valence-electron chi connectivity index (χ1n) is 27.4. The van der Waals surface area contributed by atoms with Gasteiger partial charge in [0.2, 0.25) is 35.4 Å². The van der Waals surface area contributed by atoms with Crippen LogP contribution >= 0.6 is 48.0 Å². The summed E-state index contributed by atoms with van der Waals surface area (Å²) in [5.74, 6) is -0.583. The van der Waals surface area contributed by atoms with Crippen LogP contribution in [0, 0.1) is 22.7 Å². The number of fused-ring (bicyclic) bond motifs is 4. The number of hydrogen-bond donors (Lipinski definition) is 6. The third-order valence-electron chi connectivity index (χ3n) is 17.5. The van der Waals surface area contributed by atoms with Gasteiger partial charge < -0.3 is 51.5 Å². The molecule has 0 radical (unpaired) electrons. The SMILES string of the molecule is CNC(C)C(=S)N[C@H]1CCS[C@H]2CC(C)(C)[C@@H](C(=O)N[C@H]3c4ccccc4CC[C@H]3C(=O)N3CCN(C(=O)[C@@H]4CCc5ccccc5[C@@H]4NC(=O)[C@H]4N5C(=O)[C@@H](NC(=S)C(C)NC)CCS[C@H]5CC4(C)C)CC3)N2C1=O. The lowest BCUT2D eigenvalue weighted by Gasteiger charge is -2.43. The summed E-state index contributed by atoms with van der Waals surface area (Å²) in [6, 6.07) is 11.8. The Morgan fingerprint density at radius 3 is 1.32 bits per heavy atom. The van der Waals surface area contributed by atoms with Crippen LogP contribution in [-0.2, 0) is 41.6 Å². The molecule has 0 aromatic heterocycles. The fourth-order valence-electron chi connectivity index (χ4n) is 13.0. The van der Waals surface area contributed by atoms with E-state index in [1.807, 2.05) is 74.1 Å². The number of carbonyl (C=O) groups excluding carboxylic acids is 6. The van der Waals surface area contributed by atoms with Crippen LogP contribution in [-0.4, -0.2) is 164 Å². The molecule has 6 amide bonds. The van der Waals surface area contributed by atoms with Gasteiger partial charge in [0, 0.05) is 26.2 Å². The average molecular weight is 1120 g/mol. The highest BCUT2D eigenvalue weighted by atomic mass is 32.2. The van der Waals surface area contributed by atoms with Gasteiger partial charge in [-0.3, -0.25) is 28.8 Å². The Morgan fingerprint density at radius 1 is 0.579 bits per heavy atom. The zero-order chi connectivity index (χ0) is 54.4. The molecule has 2 aromatic carbocycles. The molecule has 7 aliphatic rings. The van der Waals surface area contributed by atoms with Crippen molar-refractivity contribution in [1.29, 1.82) is 0 Å². The minimum absolute atomic E-state index is 0.0699. The van der Waals surface area contributed by atoms with Gasteiger partial charge in [0.25, 0.3) is 0 Å². The molecule has 2 aromatic rings. The molecule has 16 nitrogen and oxygen atoms in total. The summed E-state index contributed by atoms with van der Waals surface area (Å²) in [7, 11) is 3.65. The summed E-state index contributed by atoms with van der Waals surface area (Å²) in [5.41, 5.74) is 2.89. The lowest BCUT2D eigenvalue weighted by atomic mass is 9.77. The van der Waals surface area contributed by atoms with Gasteiger partial charge in [-0.05, 0) is 124 Å². The highest BCUT2D eigenvalue weighted by Gasteiger charge is 2.57. The zero-order valence-electron chi connectivity index (χ0n) is 45.3. The van der Waals surface area contributed by atoms with E-state index in [9.17, 15) is 19.2 Å². The van der Waals surface area contributed by atoms with E-state index >= 15 is 9.59 Å². The smallest absolute Gasteiger partial charge is 0.246 e. The third kappa shape index (κ3) is 11.1. The van der Waals surface area contributed by atoms with Gasteiger partial charge in [-0.15, -0.1) is 23.5 Å². The molecule has 5 fully saturated rings. The molecule has 20 heteroatoms. The van der Waals surface area contributed by atoms with Crippen LogP contribution in [0.15, 0.2) is 48.5 Å². The number of amides is 6. The van der Waals surface area contributed by atoms with Gasteiger partial charge >= 0.3 is 0 Å². The molecule has 5 heterocycles. The largest absolute Gasteiger partial charge is 0.367 e. The lowest BCUT2D eigenvalue weighted by Crippen LogP contribution is -2.59. The number of hydrogen-bond acceptors (Lipinski definition) is 12. The van der Waals surface area contributed by atoms with Crippen molar-refractivity contribution >= 4 is 93.4 Å². The normalized spacial score (nSPS) is 30.5. The van der Waals surface area contributed by atoms with Crippen LogP contribution in [0.1, 0.15) is 114 Å². The second-order valence-electron chi connectivity index (χ2n) is 23.4. The van der Waals surface area contributed by atoms with Gasteiger partial charge in [-0.25, -0.2) is 0 Å². The number of nitrogens with one attached hydrogen (secondary N) is 6. The van der Waals surface area contributed by atoms with Gasteiger partial charge in [-0.1, -0.05) is 101 Å². The molecule has 12 atom stereocenters. The molecule has 412 valence electrons. The molecule has 76 heavy (non-hydrogen) atoms. The van der Waals surface area contributed by atoms with E-state index in [1.54, 1.807) is 33.3 Å². The Balaban J connectivity index is 0.897. The summed E-state index contributed by atoms with van der Waals surface area (Å²) >= 11 is 14.7. The third-order valence-corrected chi connectivity index (χ3v) is 21.0. The highest BCUT2D eigenvalue weighted by molar-refractivity contribution is 8.00. The van der Waals surface area contributed by atoms with Crippen LogP contribution in [0.4, 0.5) is 0 Å². The number of piperazine rings is 1. The number of likely N-dealkylation sites (N-methyl/N-ethyl adjacent to an activating group) is 2. The summed E-state index contributed by atoms with van der Waals surface area (Å²) < 4.78 is 0. The quantitative estimate of drug-likeness (QED) is 0.164. The zero-order valence-corrected chi connectivity index (χ0v) is 48.6. The number of rotatable bonds is 12. The van der Waals surface area contributed by atoms with Crippen LogP contribution in [0.3, 0.4) is 0 Å². The molecule has 6 N–H and O–H groups in total. The first-order valence-corrected chi connectivity index (χ1v) is 30.3. The van der Waals surface area contributed by atoms with Gasteiger partial charge in [0.15, 0.2) is 0 Å². The standard InChI is InChI=1S/C56H78N10O6S4/c1-31(57-7)49(73)59-39-21-27-75-41-29-55(3,4)45(65(41)53(39)71)47(67)61-43-35-15-11-9-13-33(35)17-19-37(43)51(69)63-23-25-64(26-24-63)52(70)38-20-18-34-14-10-12-16-36(34)44(38)62-48(68)46-56(5,6)30-42-66(46)54(72)40(22-28-76-42)60-50(74)32(2)58-8/h9-16,31-32,37-46,57-58H,17-30H2,1-8H3,(H,59,73)(H,60,74)(H,61,67)(H,62,68)/t31?,32?,37-,38-,39+,40+,41+,42+,43+,44+,45-,46-/m1/s1. The Bertz CT molecular complexity index is 2420. The van der Waals surface area contributed by atoms with E-state index in [1.165, 1.54) is 0 Å². The van der Waals surface area contributed by atoms with E-state index < -0.39 is 58.9 Å². The van der Waals surface area contributed by atoms with E-state index in [-0.39, 0.29) is 58.3 Å². The fourth-order valence-corrected chi connectivity index (χ4v) is 16.7. The fraction of sp³-hybridized carbons (Fsp3) is 0.643. The first kappa shape index (κ1) is 56.4. The predicted molar refractivity (Wildman–Crippen MR) is 307 cm³/mol. The molecule has 5 aliphatic heterocycles. The summed E-state index contributed by atoms with van der Waals surface area (Å²) in [6.07, 6.45) is 4.91. The van der Waals surface area contributed by atoms with E-state index in [0.29, 0.717) is 87.5 Å². The lowest BCUT2D eigenvalue weighted by molar-refractivity contribution is -0.147. The van der Waals surface area contributed by atoms with Crippen LogP contribution in [0.2, 0.25) is 0 Å². The van der Waals surface area contributed by atoms with Gasteiger partial charge in [-0.2, -0.15) is 0 Å². The minimum atomic E-state index is -0.765. The average Bonchev–Trinajstić information content (AvgIpc) is 3.73. The van der Waals surface area contributed by atoms with Gasteiger partial charge in [0.05, 0.1) is 56.7 Å². The van der Waals surface area contributed by atoms with Gasteiger partial charge in [0.1, 0.15) is 24.2 Å². The summed E-state index contributed by atoms with van der Waals surface area (Å²) in [5, 5.41) is 19.3. The number of nitrogens with zero attached hydrogens (tertiary/aromatic N) is 4. The Morgan fingerprint density at radius 2 is 0.947 bits per heavy atom. The Labute approximate surface area is 468 Å². The molecule has 2 aliphatic carbocycles. The van der Waals surface area contributed by atoms with Crippen molar-refractivity contribution in [2.75, 3.05) is 51.8 Å². The second kappa shape index (κ2) is 23.2. The van der Waals surface area contributed by atoms with Crippen LogP contribution < -0.4 is 31.9 Å². The molecule has 0 saturated carbocycles. The molecule has 0 bridgehead atoms. The van der Waals surface area contributed by atoms with Crippen molar-refractivity contribution in [2.45, 2.75) is 152 Å². The Hall–Kier alpha value is -4.34. The number of aryl methyl sites for hydroxylation is 2. The maximum Gasteiger partial charge on any atom is 0.246 e. The van der Waals surface area contributed by atoms with Crippen molar-refractivity contribution in [3.05, 3.63) is 70.8 Å². The topological polar surface area (TPSA) is 188 Å². The molecular weight excluding hydrogens is 1040 g/mol. The maximum absolute atomic E-state index is 15.0. The number of thiocarbonyl (C=S) groups is 2. The minimum Gasteiger partial charge on any atom is -0.367 e. The molecule has 9 rings (SSSR count). The number of carbonyl (C=O) groups is 6. The molecular formula is C56H78N10O6S4. The second-order valence-corrected chi connectivity index (χ2v) is 26.8. The van der Waals surface area contributed by atoms with Crippen molar-refractivity contribution in [2.24, 2.45) is 22.7 Å². The molecule has 5 saturated heterocycles. The molecule has 0 spiro atoms. The Kier molecular flexibility index (Phi) is 17.2. The maximum atomic E-state index is 15.0. The van der Waals surface area contributed by atoms with E-state index in [2.05, 4.69) is 71.7 Å². The predicted octanol–water partition coefficient (Wildman–Crippen LogP) is 4.46. The number of thioether (sulfide) groups is 2. The highest BCUT2D eigenvalue weighted by Crippen LogP contribution is 2.49. The monoisotopic (exact) mass is 1110 g/mol. The van der Waals surface area contributed by atoms with Crippen LogP contribution in [0.5, 0.6) is 0 Å². The summed E-state index contributed by atoms with van der Waals surface area (Å²) in [6.45, 7) is 13.4. The van der Waals surface area contributed by atoms with E-state index in [0.717, 1.165) is 33.8 Å². The number of benzene rings is 2. The van der Waals surface area contributed by atoms with Crippen molar-refractivity contribution in [3.8, 4) is 0 Å². The van der Waals surface area contributed by atoms with Crippen LogP contribution in [0.25, 0.3) is 0 Å². The van der Waals surface area contributed by atoms with Crippen molar-refractivity contribution in [3.63, 3.8) is 0 Å². The van der Waals surface area contributed by atoms with Crippen molar-refractivity contribution in [1.82, 2.24) is 51.5 Å².